The molecule has 0 spiro atoms. The van der Waals surface area contributed by atoms with Gasteiger partial charge in [0.25, 0.3) is 0 Å². The molecule has 2 aromatic rings. The predicted molar refractivity (Wildman–Crippen MR) is 65.6 cm³/mol. The number of anilines is 1. The molecule has 0 radical (unpaired) electrons. The van der Waals surface area contributed by atoms with Crippen LogP contribution in [0.3, 0.4) is 0 Å². The summed E-state index contributed by atoms with van der Waals surface area (Å²) >= 11 is 0. The Morgan fingerprint density at radius 2 is 2.00 bits per heavy atom. The number of carbonyl (C=O) groups is 2. The van der Waals surface area contributed by atoms with Gasteiger partial charge in [-0.05, 0) is 6.92 Å². The van der Waals surface area contributed by atoms with E-state index in [1.807, 2.05) is 0 Å². The zero-order valence-corrected chi connectivity index (χ0v) is 11.0. The van der Waals surface area contributed by atoms with Gasteiger partial charge >= 0.3 is 0 Å². The molecule has 0 fully saturated rings. The van der Waals surface area contributed by atoms with Crippen LogP contribution >= 0.6 is 0 Å². The lowest BCUT2D eigenvalue weighted by atomic mass is 10.4. The van der Waals surface area contributed by atoms with E-state index in [2.05, 4.69) is 25.9 Å². The van der Waals surface area contributed by atoms with Crippen molar-refractivity contribution in [3.05, 3.63) is 23.5 Å². The molecule has 2 amide bonds. The zero-order valence-electron chi connectivity index (χ0n) is 11.0. The normalized spacial score (nSPS) is 10.3. The van der Waals surface area contributed by atoms with Crippen molar-refractivity contribution in [1.29, 1.82) is 0 Å². The van der Waals surface area contributed by atoms with E-state index in [1.54, 1.807) is 19.9 Å². The Labute approximate surface area is 113 Å². The highest BCUT2D eigenvalue weighted by Gasteiger charge is 2.11. The molecule has 0 aliphatic rings. The third-order valence-corrected chi connectivity index (χ3v) is 2.23. The minimum absolute atomic E-state index is 0.0479. The minimum Gasteiger partial charge on any atom is -0.360 e. The first kappa shape index (κ1) is 13.7. The molecule has 20 heavy (non-hydrogen) atoms. The van der Waals surface area contributed by atoms with Crippen molar-refractivity contribution < 1.29 is 18.6 Å². The summed E-state index contributed by atoms with van der Waals surface area (Å²) in [6.07, 6.45) is -0.0479. The number of carbonyl (C=O) groups excluding carboxylic acids is 2. The number of rotatable bonds is 5. The molecule has 2 rings (SSSR count). The quantitative estimate of drug-likeness (QED) is 0.787. The zero-order chi connectivity index (χ0) is 14.5. The standard InChI is InChI=1S/C11H13N5O4/c1-6-3-8(15-19-6)14-11(18)5-12-10(17)4-9-13-7(2)20-16-9/h3H,4-5H2,1-2H3,(H,12,17)(H,14,15,18). The van der Waals surface area contributed by atoms with Crippen LogP contribution in [0.5, 0.6) is 0 Å². The topological polar surface area (TPSA) is 123 Å². The molecular formula is C11H13N5O4. The van der Waals surface area contributed by atoms with Gasteiger partial charge in [-0.2, -0.15) is 4.98 Å². The maximum Gasteiger partial charge on any atom is 0.245 e. The van der Waals surface area contributed by atoms with Gasteiger partial charge in [0.1, 0.15) is 5.76 Å². The van der Waals surface area contributed by atoms with Crippen LogP contribution in [-0.4, -0.2) is 33.7 Å². The van der Waals surface area contributed by atoms with E-state index in [9.17, 15) is 9.59 Å². The number of hydrogen-bond acceptors (Lipinski definition) is 7. The lowest BCUT2D eigenvalue weighted by molar-refractivity contribution is -0.123. The van der Waals surface area contributed by atoms with Gasteiger partial charge < -0.3 is 19.7 Å². The van der Waals surface area contributed by atoms with Gasteiger partial charge in [-0.3, -0.25) is 9.59 Å². The number of hydrogen-bond donors (Lipinski definition) is 2. The van der Waals surface area contributed by atoms with Crippen molar-refractivity contribution in [2.75, 3.05) is 11.9 Å². The van der Waals surface area contributed by atoms with E-state index < -0.39 is 5.91 Å². The van der Waals surface area contributed by atoms with E-state index in [0.717, 1.165) is 0 Å². The van der Waals surface area contributed by atoms with Gasteiger partial charge in [-0.1, -0.05) is 10.3 Å². The molecule has 0 saturated carbocycles. The first-order valence-corrected chi connectivity index (χ1v) is 5.82. The molecule has 0 aliphatic carbocycles. The molecule has 9 heteroatoms. The highest BCUT2D eigenvalue weighted by Crippen LogP contribution is 2.06. The number of aryl methyl sites for hydroxylation is 2. The van der Waals surface area contributed by atoms with Crippen molar-refractivity contribution in [2.45, 2.75) is 20.3 Å². The van der Waals surface area contributed by atoms with Gasteiger partial charge in [-0.15, -0.1) is 0 Å². The summed E-state index contributed by atoms with van der Waals surface area (Å²) in [6, 6.07) is 1.57. The van der Waals surface area contributed by atoms with Crippen LogP contribution < -0.4 is 10.6 Å². The number of nitrogens with one attached hydrogen (secondary N) is 2. The van der Waals surface area contributed by atoms with Crippen molar-refractivity contribution in [1.82, 2.24) is 20.6 Å². The fraction of sp³-hybridized carbons (Fsp3) is 0.364. The Morgan fingerprint density at radius 3 is 2.60 bits per heavy atom. The lowest BCUT2D eigenvalue weighted by Gasteiger charge is -2.03. The van der Waals surface area contributed by atoms with Crippen molar-refractivity contribution >= 4 is 17.6 Å². The second-order valence-electron chi connectivity index (χ2n) is 4.05. The third kappa shape index (κ3) is 3.90. The van der Waals surface area contributed by atoms with E-state index in [1.165, 1.54) is 0 Å². The molecular weight excluding hydrogens is 266 g/mol. The van der Waals surface area contributed by atoms with Crippen LogP contribution in [0.25, 0.3) is 0 Å². The van der Waals surface area contributed by atoms with Crippen molar-refractivity contribution in [2.24, 2.45) is 0 Å². The summed E-state index contributed by atoms with van der Waals surface area (Å²) in [5, 5.41) is 12.1. The van der Waals surface area contributed by atoms with Gasteiger partial charge in [0.15, 0.2) is 11.6 Å². The Bertz CT molecular complexity index is 564. The molecule has 0 aliphatic heterocycles. The average Bonchev–Trinajstić information content (AvgIpc) is 2.96. The van der Waals surface area contributed by atoms with E-state index in [0.29, 0.717) is 17.5 Å². The summed E-state index contributed by atoms with van der Waals surface area (Å²) < 4.78 is 9.53. The highest BCUT2D eigenvalue weighted by atomic mass is 16.5. The summed E-state index contributed by atoms with van der Waals surface area (Å²) in [4.78, 5) is 26.9. The number of aromatic nitrogens is 3. The van der Waals surface area contributed by atoms with Gasteiger partial charge in [0.05, 0.1) is 13.0 Å². The van der Waals surface area contributed by atoms with Crippen LogP contribution in [-0.2, 0) is 16.0 Å². The SMILES string of the molecule is Cc1cc(NC(=O)CNC(=O)Cc2noc(C)n2)no1. The fourth-order valence-corrected chi connectivity index (χ4v) is 1.41. The molecule has 9 nitrogen and oxygen atoms in total. The summed E-state index contributed by atoms with van der Waals surface area (Å²) in [7, 11) is 0. The largest absolute Gasteiger partial charge is 0.360 e. The first-order valence-electron chi connectivity index (χ1n) is 5.82. The van der Waals surface area contributed by atoms with Crippen LogP contribution in [0.15, 0.2) is 15.1 Å². The van der Waals surface area contributed by atoms with E-state index >= 15 is 0 Å². The Morgan fingerprint density at radius 1 is 1.20 bits per heavy atom. The summed E-state index contributed by atoms with van der Waals surface area (Å²) in [5.74, 6) is 0.750. The van der Waals surface area contributed by atoms with Crippen LogP contribution in [0.4, 0.5) is 5.82 Å². The molecule has 0 bridgehead atoms. The highest BCUT2D eigenvalue weighted by molar-refractivity contribution is 5.93. The fourth-order valence-electron chi connectivity index (χ4n) is 1.41. The monoisotopic (exact) mass is 279 g/mol. The lowest BCUT2D eigenvalue weighted by Crippen LogP contribution is -2.34. The molecule has 0 aromatic carbocycles. The number of amides is 2. The Hall–Kier alpha value is -2.71. The molecule has 2 heterocycles. The minimum atomic E-state index is -0.407. The summed E-state index contributed by atoms with van der Waals surface area (Å²) in [5.41, 5.74) is 0. The molecule has 2 N–H and O–H groups in total. The summed E-state index contributed by atoms with van der Waals surface area (Å²) in [6.45, 7) is 3.15. The molecule has 0 atom stereocenters. The maximum absolute atomic E-state index is 11.5. The van der Waals surface area contributed by atoms with E-state index in [-0.39, 0.29) is 24.7 Å². The van der Waals surface area contributed by atoms with E-state index in [4.69, 9.17) is 9.05 Å². The van der Waals surface area contributed by atoms with Crippen LogP contribution in [0.2, 0.25) is 0 Å². The molecule has 0 unspecified atom stereocenters. The average molecular weight is 279 g/mol. The molecule has 0 saturated heterocycles. The third-order valence-electron chi connectivity index (χ3n) is 2.23. The van der Waals surface area contributed by atoms with Crippen molar-refractivity contribution in [3.8, 4) is 0 Å². The Balaban J connectivity index is 1.74. The predicted octanol–water partition coefficient (Wildman–Crippen LogP) is -0.0282. The van der Waals surface area contributed by atoms with Gasteiger partial charge in [0.2, 0.25) is 17.7 Å². The molecule has 106 valence electrons. The first-order chi connectivity index (χ1) is 9.52. The Kier molecular flexibility index (Phi) is 4.08. The van der Waals surface area contributed by atoms with Gasteiger partial charge in [0, 0.05) is 13.0 Å². The second-order valence-corrected chi connectivity index (χ2v) is 4.05. The number of nitrogens with zero attached hydrogens (tertiary/aromatic N) is 3. The molecule has 2 aromatic heterocycles. The smallest absolute Gasteiger partial charge is 0.245 e. The van der Waals surface area contributed by atoms with Gasteiger partial charge in [-0.25, -0.2) is 0 Å². The maximum atomic E-state index is 11.5. The van der Waals surface area contributed by atoms with Crippen LogP contribution in [0, 0.1) is 13.8 Å². The second kappa shape index (κ2) is 5.95. The van der Waals surface area contributed by atoms with Crippen LogP contribution in [0.1, 0.15) is 17.5 Å². The van der Waals surface area contributed by atoms with Crippen molar-refractivity contribution in [3.63, 3.8) is 0 Å².